The lowest BCUT2D eigenvalue weighted by atomic mass is 10.2. The van der Waals surface area contributed by atoms with E-state index in [9.17, 15) is 13.2 Å². The third kappa shape index (κ3) is 2.64. The van der Waals surface area contributed by atoms with Crippen molar-refractivity contribution in [1.82, 2.24) is 10.2 Å². The summed E-state index contributed by atoms with van der Waals surface area (Å²) in [6, 6.07) is 5.14. The second-order valence-corrected chi connectivity index (χ2v) is 4.12. The molecule has 1 aromatic heterocycles. The number of alkyl halides is 3. The summed E-state index contributed by atoms with van der Waals surface area (Å²) in [6.45, 7) is 0. The van der Waals surface area contributed by atoms with Gasteiger partial charge < -0.3 is 11.1 Å². The number of nitrogens with zero attached hydrogens (tertiary/aromatic N) is 2. The minimum Gasteiger partial charge on any atom is -0.374 e. The van der Waals surface area contributed by atoms with Gasteiger partial charge in [0.2, 0.25) is 10.3 Å². The van der Waals surface area contributed by atoms with Gasteiger partial charge in [-0.2, -0.15) is 13.2 Å². The molecule has 17 heavy (non-hydrogen) atoms. The average molecular weight is 260 g/mol. The van der Waals surface area contributed by atoms with Crippen molar-refractivity contribution in [2.75, 3.05) is 11.1 Å². The van der Waals surface area contributed by atoms with E-state index < -0.39 is 11.7 Å². The van der Waals surface area contributed by atoms with Crippen LogP contribution in [-0.2, 0) is 6.18 Å². The third-order valence-corrected chi connectivity index (χ3v) is 2.58. The third-order valence-electron chi connectivity index (χ3n) is 1.91. The number of hydrogen-bond donors (Lipinski definition) is 2. The van der Waals surface area contributed by atoms with Gasteiger partial charge in [0.25, 0.3) is 0 Å². The molecule has 2 aromatic rings. The molecule has 90 valence electrons. The largest absolute Gasteiger partial charge is 0.418 e. The highest BCUT2D eigenvalue weighted by Gasteiger charge is 2.33. The van der Waals surface area contributed by atoms with E-state index in [1.165, 1.54) is 18.2 Å². The lowest BCUT2D eigenvalue weighted by molar-refractivity contribution is -0.136. The van der Waals surface area contributed by atoms with Crippen molar-refractivity contribution in [3.05, 3.63) is 29.8 Å². The number of halogens is 3. The van der Waals surface area contributed by atoms with Gasteiger partial charge in [0.1, 0.15) is 0 Å². The highest BCUT2D eigenvalue weighted by molar-refractivity contribution is 7.18. The monoisotopic (exact) mass is 260 g/mol. The van der Waals surface area contributed by atoms with E-state index in [0.717, 1.165) is 17.4 Å². The lowest BCUT2D eigenvalue weighted by Crippen LogP contribution is -2.08. The van der Waals surface area contributed by atoms with E-state index >= 15 is 0 Å². The molecular weight excluding hydrogens is 253 g/mol. The van der Waals surface area contributed by atoms with Crippen LogP contribution < -0.4 is 11.1 Å². The van der Waals surface area contributed by atoms with Crippen LogP contribution in [0.15, 0.2) is 24.3 Å². The van der Waals surface area contributed by atoms with Crippen LogP contribution in [0.25, 0.3) is 0 Å². The zero-order valence-corrected chi connectivity index (χ0v) is 9.14. The Kier molecular flexibility index (Phi) is 2.88. The molecule has 0 aliphatic carbocycles. The smallest absolute Gasteiger partial charge is 0.374 e. The van der Waals surface area contributed by atoms with Crippen LogP contribution >= 0.6 is 11.3 Å². The summed E-state index contributed by atoms with van der Waals surface area (Å²) in [5.74, 6) is 0. The van der Waals surface area contributed by atoms with Gasteiger partial charge >= 0.3 is 6.18 Å². The maximum atomic E-state index is 12.7. The molecule has 1 heterocycles. The van der Waals surface area contributed by atoms with Gasteiger partial charge in [-0.25, -0.2) is 0 Å². The first-order valence-electron chi connectivity index (χ1n) is 4.49. The van der Waals surface area contributed by atoms with Crippen LogP contribution in [-0.4, -0.2) is 10.2 Å². The molecule has 0 unspecified atom stereocenters. The van der Waals surface area contributed by atoms with Crippen molar-refractivity contribution < 1.29 is 13.2 Å². The summed E-state index contributed by atoms with van der Waals surface area (Å²) in [4.78, 5) is 0. The Morgan fingerprint density at radius 1 is 1.18 bits per heavy atom. The quantitative estimate of drug-likeness (QED) is 0.871. The molecule has 0 saturated heterocycles. The standard InChI is InChI=1S/C9H7F3N4S/c10-9(11,12)5-3-1-2-4-6(5)14-8-16-15-7(13)17-8/h1-4H,(H2,13,15)(H,14,16). The highest BCUT2D eigenvalue weighted by atomic mass is 32.1. The van der Waals surface area contributed by atoms with Crippen molar-refractivity contribution in [2.45, 2.75) is 6.18 Å². The van der Waals surface area contributed by atoms with Crippen LogP contribution in [0.4, 0.5) is 29.1 Å². The number of nitrogens with two attached hydrogens (primary N) is 1. The van der Waals surface area contributed by atoms with Gasteiger partial charge in [-0.1, -0.05) is 23.5 Å². The molecule has 3 N–H and O–H groups in total. The predicted molar refractivity (Wildman–Crippen MR) is 59.0 cm³/mol. The van der Waals surface area contributed by atoms with Crippen molar-refractivity contribution in [3.63, 3.8) is 0 Å². The Hall–Kier alpha value is -1.83. The van der Waals surface area contributed by atoms with Gasteiger partial charge in [-0.15, -0.1) is 10.2 Å². The summed E-state index contributed by atoms with van der Waals surface area (Å²) in [5.41, 5.74) is 4.51. The average Bonchev–Trinajstić information content (AvgIpc) is 2.63. The van der Waals surface area contributed by atoms with Gasteiger partial charge in [0, 0.05) is 0 Å². The molecular formula is C9H7F3N4S. The predicted octanol–water partition coefficient (Wildman–Crippen LogP) is 2.88. The van der Waals surface area contributed by atoms with Gasteiger partial charge in [-0.05, 0) is 12.1 Å². The number of rotatable bonds is 2. The Morgan fingerprint density at radius 2 is 1.88 bits per heavy atom. The van der Waals surface area contributed by atoms with E-state index in [0.29, 0.717) is 0 Å². The van der Waals surface area contributed by atoms with Crippen LogP contribution in [0, 0.1) is 0 Å². The number of benzene rings is 1. The maximum Gasteiger partial charge on any atom is 0.418 e. The van der Waals surface area contributed by atoms with Gasteiger partial charge in [0.15, 0.2) is 0 Å². The highest BCUT2D eigenvalue weighted by Crippen LogP contribution is 2.36. The van der Waals surface area contributed by atoms with E-state index in [2.05, 4.69) is 15.5 Å². The summed E-state index contributed by atoms with van der Waals surface area (Å²) in [7, 11) is 0. The second kappa shape index (κ2) is 4.21. The van der Waals surface area contributed by atoms with Crippen molar-refractivity contribution in [2.24, 2.45) is 0 Å². The summed E-state index contributed by atoms with van der Waals surface area (Å²) < 4.78 is 38.0. The molecule has 0 spiro atoms. The minimum atomic E-state index is -4.42. The molecule has 0 fully saturated rings. The van der Waals surface area contributed by atoms with Gasteiger partial charge in [0.05, 0.1) is 11.3 Å². The molecule has 0 aliphatic heterocycles. The molecule has 0 atom stereocenters. The number of nitrogen functional groups attached to an aromatic ring is 1. The minimum absolute atomic E-state index is 0.0730. The van der Waals surface area contributed by atoms with Crippen LogP contribution in [0.2, 0.25) is 0 Å². The van der Waals surface area contributed by atoms with Crippen molar-refractivity contribution >= 4 is 27.3 Å². The maximum absolute atomic E-state index is 12.7. The molecule has 1 aromatic carbocycles. The van der Waals surface area contributed by atoms with E-state index in [1.54, 1.807) is 0 Å². The normalized spacial score (nSPS) is 11.5. The molecule has 4 nitrogen and oxygen atoms in total. The first-order chi connectivity index (χ1) is 7.97. The molecule has 0 radical (unpaired) electrons. The number of aromatic nitrogens is 2. The first-order valence-corrected chi connectivity index (χ1v) is 5.30. The van der Waals surface area contributed by atoms with E-state index in [4.69, 9.17) is 5.73 Å². The second-order valence-electron chi connectivity index (χ2n) is 3.11. The summed E-state index contributed by atoms with van der Waals surface area (Å²) in [6.07, 6.45) is -4.42. The number of para-hydroxylation sites is 1. The topological polar surface area (TPSA) is 63.8 Å². The van der Waals surface area contributed by atoms with E-state index in [-0.39, 0.29) is 16.0 Å². The number of hydrogen-bond acceptors (Lipinski definition) is 5. The Labute approximate surface area is 98.3 Å². The van der Waals surface area contributed by atoms with Crippen molar-refractivity contribution in [1.29, 1.82) is 0 Å². The van der Waals surface area contributed by atoms with Crippen LogP contribution in [0.1, 0.15) is 5.56 Å². The molecule has 0 amide bonds. The summed E-state index contributed by atoms with van der Waals surface area (Å²) >= 11 is 0.979. The Bertz CT molecular complexity index is 523. The Balaban J connectivity index is 2.33. The molecule has 2 rings (SSSR count). The zero-order valence-electron chi connectivity index (χ0n) is 8.32. The van der Waals surface area contributed by atoms with E-state index in [1.807, 2.05) is 0 Å². The fraction of sp³-hybridized carbons (Fsp3) is 0.111. The lowest BCUT2D eigenvalue weighted by Gasteiger charge is -2.12. The fourth-order valence-corrected chi connectivity index (χ4v) is 1.76. The molecule has 0 saturated carbocycles. The Morgan fingerprint density at radius 3 is 2.47 bits per heavy atom. The molecule has 8 heteroatoms. The number of nitrogens with one attached hydrogen (secondary N) is 1. The number of anilines is 3. The molecule has 0 bridgehead atoms. The zero-order chi connectivity index (χ0) is 12.5. The molecule has 0 aliphatic rings. The van der Waals surface area contributed by atoms with Crippen molar-refractivity contribution in [3.8, 4) is 0 Å². The van der Waals surface area contributed by atoms with Gasteiger partial charge in [-0.3, -0.25) is 0 Å². The summed E-state index contributed by atoms with van der Waals surface area (Å²) in [5, 5.41) is 10.1. The first kappa shape index (κ1) is 11.6. The van der Waals surface area contributed by atoms with Crippen LogP contribution in [0.3, 0.4) is 0 Å². The fourth-order valence-electron chi connectivity index (χ4n) is 1.24. The SMILES string of the molecule is Nc1nnc(Nc2ccccc2C(F)(F)F)s1. The van der Waals surface area contributed by atoms with Crippen LogP contribution in [0.5, 0.6) is 0 Å².